The van der Waals surface area contributed by atoms with Crippen molar-refractivity contribution < 1.29 is 13.2 Å². The normalized spacial score (nSPS) is 24.2. The lowest BCUT2D eigenvalue weighted by Crippen LogP contribution is -2.60. The molecule has 94 valence electrons. The highest BCUT2D eigenvalue weighted by molar-refractivity contribution is 7.92. The lowest BCUT2D eigenvalue weighted by atomic mass is 10.0. The number of carbonyl (C=O) groups is 1. The highest BCUT2D eigenvalue weighted by Crippen LogP contribution is 2.24. The molecule has 0 radical (unpaired) electrons. The summed E-state index contributed by atoms with van der Waals surface area (Å²) in [6.45, 7) is 7.01. The summed E-state index contributed by atoms with van der Waals surface area (Å²) in [7, 11) is -3.11. The molecule has 0 spiro atoms. The van der Waals surface area contributed by atoms with Crippen LogP contribution in [-0.2, 0) is 14.6 Å². The first-order valence-electron chi connectivity index (χ1n) is 5.28. The third-order valence-corrected chi connectivity index (χ3v) is 5.41. The highest BCUT2D eigenvalue weighted by atomic mass is 32.2. The molecular formula is C10H20N2O3S. The Labute approximate surface area is 96.9 Å². The molecule has 0 unspecified atom stereocenters. The van der Waals surface area contributed by atoms with E-state index in [1.165, 1.54) is 0 Å². The summed E-state index contributed by atoms with van der Waals surface area (Å²) < 4.78 is 22.6. The van der Waals surface area contributed by atoms with Crippen molar-refractivity contribution in [2.45, 2.75) is 38.0 Å². The monoisotopic (exact) mass is 248 g/mol. The van der Waals surface area contributed by atoms with Crippen molar-refractivity contribution in [3.05, 3.63) is 0 Å². The van der Waals surface area contributed by atoms with E-state index in [1.54, 1.807) is 32.6 Å². The smallest absolute Gasteiger partial charge is 0.242 e. The maximum atomic E-state index is 11.9. The van der Waals surface area contributed by atoms with Crippen molar-refractivity contribution in [2.75, 3.05) is 18.8 Å². The quantitative estimate of drug-likeness (QED) is 0.694. The van der Waals surface area contributed by atoms with Gasteiger partial charge in [-0.05, 0) is 27.7 Å². The maximum absolute atomic E-state index is 11.9. The van der Waals surface area contributed by atoms with Crippen LogP contribution in [0.15, 0.2) is 0 Å². The summed E-state index contributed by atoms with van der Waals surface area (Å²) in [6.07, 6.45) is 0. The van der Waals surface area contributed by atoms with Gasteiger partial charge in [-0.15, -0.1) is 0 Å². The minimum atomic E-state index is -3.11. The fourth-order valence-corrected chi connectivity index (χ4v) is 3.09. The first-order valence-corrected chi connectivity index (χ1v) is 6.93. The van der Waals surface area contributed by atoms with Crippen LogP contribution in [0.4, 0.5) is 0 Å². The van der Waals surface area contributed by atoms with Crippen LogP contribution in [0.5, 0.6) is 0 Å². The van der Waals surface area contributed by atoms with Crippen LogP contribution in [0.1, 0.15) is 27.7 Å². The van der Waals surface area contributed by atoms with Crippen molar-refractivity contribution >= 4 is 15.7 Å². The predicted octanol–water partition coefficient (Wildman–Crippen LogP) is -0.241. The molecule has 0 atom stereocenters. The molecule has 0 aliphatic carbocycles. The molecule has 1 amide bonds. The molecule has 1 heterocycles. The number of hydrogen-bond donors (Lipinski definition) is 1. The molecule has 0 bridgehead atoms. The van der Waals surface area contributed by atoms with Gasteiger partial charge in [-0.3, -0.25) is 4.79 Å². The van der Waals surface area contributed by atoms with E-state index in [0.29, 0.717) is 0 Å². The van der Waals surface area contributed by atoms with Gasteiger partial charge in [-0.2, -0.15) is 0 Å². The second-order valence-corrected chi connectivity index (χ2v) is 8.27. The zero-order valence-corrected chi connectivity index (χ0v) is 11.1. The Hall–Kier alpha value is -0.620. The van der Waals surface area contributed by atoms with Gasteiger partial charge in [0.05, 0.1) is 16.0 Å². The van der Waals surface area contributed by atoms with Gasteiger partial charge in [-0.25, -0.2) is 8.42 Å². The Morgan fingerprint density at radius 3 is 2.25 bits per heavy atom. The van der Waals surface area contributed by atoms with Crippen LogP contribution < -0.4 is 5.73 Å². The molecule has 0 saturated carbocycles. The maximum Gasteiger partial charge on any atom is 0.242 e. The summed E-state index contributed by atoms with van der Waals surface area (Å²) in [5, 5.41) is 0. The standard InChI is InChI=1S/C10H20N2O3S/c1-9(2)7-12(5-6-16(9,14)15)8(13)10(3,4)11/h5-7,11H2,1-4H3. The Kier molecular flexibility index (Phi) is 3.11. The molecule has 5 nitrogen and oxygen atoms in total. The molecule has 0 aromatic carbocycles. The predicted molar refractivity (Wildman–Crippen MR) is 62.7 cm³/mol. The van der Waals surface area contributed by atoms with Gasteiger partial charge in [0.15, 0.2) is 9.84 Å². The molecule has 1 fully saturated rings. The average Bonchev–Trinajstić information content (AvgIpc) is 2.07. The van der Waals surface area contributed by atoms with Crippen LogP contribution in [0, 0.1) is 0 Å². The molecule has 1 saturated heterocycles. The fourth-order valence-electron chi connectivity index (χ4n) is 1.72. The number of rotatable bonds is 1. The number of hydrogen-bond acceptors (Lipinski definition) is 4. The molecule has 1 aliphatic rings. The van der Waals surface area contributed by atoms with E-state index in [0.717, 1.165) is 0 Å². The summed E-state index contributed by atoms with van der Waals surface area (Å²) in [4.78, 5) is 13.5. The lowest BCUT2D eigenvalue weighted by molar-refractivity contribution is -0.136. The zero-order chi connectivity index (χ0) is 12.8. The third kappa shape index (κ3) is 2.38. The third-order valence-electron chi connectivity index (χ3n) is 2.88. The van der Waals surface area contributed by atoms with E-state index in [9.17, 15) is 13.2 Å². The van der Waals surface area contributed by atoms with Crippen molar-refractivity contribution in [3.63, 3.8) is 0 Å². The molecule has 6 heteroatoms. The van der Waals surface area contributed by atoms with Crippen LogP contribution in [0.25, 0.3) is 0 Å². The molecule has 1 rings (SSSR count). The first-order chi connectivity index (χ1) is 6.97. The Morgan fingerprint density at radius 2 is 1.88 bits per heavy atom. The van der Waals surface area contributed by atoms with E-state index < -0.39 is 20.1 Å². The van der Waals surface area contributed by atoms with Gasteiger partial charge in [0.1, 0.15) is 0 Å². The minimum absolute atomic E-state index is 0.0157. The van der Waals surface area contributed by atoms with Gasteiger partial charge in [0.2, 0.25) is 5.91 Å². The summed E-state index contributed by atoms with van der Waals surface area (Å²) in [6, 6.07) is 0. The SMILES string of the molecule is CC(C)(N)C(=O)N1CCS(=O)(=O)C(C)(C)C1. The Balaban J connectivity index is 2.90. The first kappa shape index (κ1) is 13.4. The van der Waals surface area contributed by atoms with E-state index in [2.05, 4.69) is 0 Å². The van der Waals surface area contributed by atoms with Crippen LogP contribution >= 0.6 is 0 Å². The van der Waals surface area contributed by atoms with Crippen LogP contribution in [-0.4, -0.2) is 48.4 Å². The van der Waals surface area contributed by atoms with Crippen LogP contribution in [0.2, 0.25) is 0 Å². The van der Waals surface area contributed by atoms with Gasteiger partial charge < -0.3 is 10.6 Å². The molecule has 16 heavy (non-hydrogen) atoms. The van der Waals surface area contributed by atoms with E-state index in [-0.39, 0.29) is 24.7 Å². The lowest BCUT2D eigenvalue weighted by Gasteiger charge is -2.40. The van der Waals surface area contributed by atoms with Crippen molar-refractivity contribution in [3.8, 4) is 0 Å². The second kappa shape index (κ2) is 3.70. The van der Waals surface area contributed by atoms with Crippen LogP contribution in [0.3, 0.4) is 0 Å². The number of nitrogens with two attached hydrogens (primary N) is 1. The van der Waals surface area contributed by atoms with E-state index >= 15 is 0 Å². The highest BCUT2D eigenvalue weighted by Gasteiger charge is 2.43. The summed E-state index contributed by atoms with van der Waals surface area (Å²) in [5.74, 6) is -0.183. The average molecular weight is 248 g/mol. The van der Waals surface area contributed by atoms with E-state index in [4.69, 9.17) is 5.73 Å². The van der Waals surface area contributed by atoms with Gasteiger partial charge in [-0.1, -0.05) is 0 Å². The molecule has 0 aromatic heterocycles. The van der Waals surface area contributed by atoms with Crippen molar-refractivity contribution in [1.29, 1.82) is 0 Å². The number of sulfone groups is 1. The topological polar surface area (TPSA) is 80.5 Å². The number of nitrogens with zero attached hydrogens (tertiary/aromatic N) is 1. The largest absolute Gasteiger partial charge is 0.339 e. The zero-order valence-electron chi connectivity index (χ0n) is 10.3. The Morgan fingerprint density at radius 1 is 1.38 bits per heavy atom. The molecular weight excluding hydrogens is 228 g/mol. The fraction of sp³-hybridized carbons (Fsp3) is 0.900. The Bertz CT molecular complexity index is 393. The summed E-state index contributed by atoms with van der Waals surface area (Å²) >= 11 is 0. The number of carbonyl (C=O) groups excluding carboxylic acids is 1. The van der Waals surface area contributed by atoms with E-state index in [1.807, 2.05) is 0 Å². The van der Waals surface area contributed by atoms with Gasteiger partial charge in [0, 0.05) is 13.1 Å². The molecule has 1 aliphatic heterocycles. The number of amides is 1. The minimum Gasteiger partial charge on any atom is -0.339 e. The van der Waals surface area contributed by atoms with Crippen molar-refractivity contribution in [2.24, 2.45) is 5.73 Å². The summed E-state index contributed by atoms with van der Waals surface area (Å²) in [5.41, 5.74) is 4.78. The molecule has 2 N–H and O–H groups in total. The van der Waals surface area contributed by atoms with Crippen molar-refractivity contribution in [1.82, 2.24) is 4.90 Å². The van der Waals surface area contributed by atoms with Gasteiger partial charge >= 0.3 is 0 Å². The van der Waals surface area contributed by atoms with Gasteiger partial charge in [0.25, 0.3) is 0 Å². The second-order valence-electron chi connectivity index (χ2n) is 5.53. The molecule has 0 aromatic rings.